The molecule has 0 unspecified atom stereocenters. The highest BCUT2D eigenvalue weighted by atomic mass is 16.1. The molecule has 0 spiro atoms. The van der Waals surface area contributed by atoms with E-state index in [2.05, 4.69) is 34.5 Å². The van der Waals surface area contributed by atoms with Gasteiger partial charge in [-0.15, -0.1) is 0 Å². The second kappa shape index (κ2) is 8.90. The molecule has 0 fully saturated rings. The van der Waals surface area contributed by atoms with Crippen molar-refractivity contribution in [3.63, 3.8) is 0 Å². The summed E-state index contributed by atoms with van der Waals surface area (Å²) in [5.74, 6) is -0.147. The largest absolute Gasteiger partial charge is 0.348 e. The summed E-state index contributed by atoms with van der Waals surface area (Å²) in [5, 5.41) is 8.46. The second-order valence-electron chi connectivity index (χ2n) is 8.51. The van der Waals surface area contributed by atoms with E-state index in [1.807, 2.05) is 73.3 Å². The van der Waals surface area contributed by atoms with Crippen LogP contribution in [-0.2, 0) is 6.54 Å². The molecule has 0 aliphatic heterocycles. The second-order valence-corrected chi connectivity index (χ2v) is 8.51. The lowest BCUT2D eigenvalue weighted by atomic mass is 10.0. The van der Waals surface area contributed by atoms with Gasteiger partial charge in [-0.2, -0.15) is 5.10 Å². The lowest BCUT2D eigenvalue weighted by molar-refractivity contribution is 0.0952. The Hall–Kier alpha value is -4.32. The van der Waals surface area contributed by atoms with Crippen molar-refractivity contribution in [1.29, 1.82) is 0 Å². The van der Waals surface area contributed by atoms with Crippen LogP contribution in [0.25, 0.3) is 27.8 Å². The van der Waals surface area contributed by atoms with Crippen LogP contribution in [0.1, 0.15) is 32.7 Å². The molecule has 3 aromatic heterocycles. The Morgan fingerprint density at radius 1 is 0.941 bits per heavy atom. The number of carbonyl (C=O) groups excluding carboxylic acids is 1. The first-order chi connectivity index (χ1) is 16.5. The van der Waals surface area contributed by atoms with Crippen LogP contribution in [0.3, 0.4) is 0 Å². The first-order valence-electron chi connectivity index (χ1n) is 11.2. The van der Waals surface area contributed by atoms with Crippen molar-refractivity contribution in [2.24, 2.45) is 0 Å². The number of amides is 1. The van der Waals surface area contributed by atoms with Crippen molar-refractivity contribution in [3.8, 4) is 16.9 Å². The van der Waals surface area contributed by atoms with Crippen LogP contribution in [0, 0.1) is 20.8 Å². The van der Waals surface area contributed by atoms with Crippen LogP contribution in [-0.4, -0.2) is 25.7 Å². The summed E-state index contributed by atoms with van der Waals surface area (Å²) in [6.45, 7) is 6.50. The van der Waals surface area contributed by atoms with Crippen LogP contribution in [0.5, 0.6) is 0 Å². The molecule has 0 saturated heterocycles. The van der Waals surface area contributed by atoms with E-state index in [0.29, 0.717) is 12.1 Å². The maximum atomic E-state index is 13.3. The fraction of sp³-hybridized carbons (Fsp3) is 0.143. The number of nitrogens with one attached hydrogen (secondary N) is 1. The van der Waals surface area contributed by atoms with Crippen LogP contribution in [0.15, 0.2) is 79.3 Å². The minimum Gasteiger partial charge on any atom is -0.348 e. The molecule has 168 valence electrons. The highest BCUT2D eigenvalue weighted by Crippen LogP contribution is 2.29. The Labute approximate surface area is 198 Å². The third-order valence-electron chi connectivity index (χ3n) is 5.95. The summed E-state index contributed by atoms with van der Waals surface area (Å²) in [6, 6.07) is 19.9. The first-order valence-corrected chi connectivity index (χ1v) is 11.2. The third kappa shape index (κ3) is 4.18. The number of nitrogens with zero attached hydrogens (tertiary/aromatic N) is 4. The molecule has 5 aromatic rings. The molecule has 0 aliphatic rings. The number of carbonyl (C=O) groups is 1. The fourth-order valence-electron chi connectivity index (χ4n) is 4.05. The smallest absolute Gasteiger partial charge is 0.252 e. The summed E-state index contributed by atoms with van der Waals surface area (Å²) in [7, 11) is 0. The quantitative estimate of drug-likeness (QED) is 0.395. The zero-order valence-electron chi connectivity index (χ0n) is 19.4. The molecule has 0 atom stereocenters. The fourth-order valence-corrected chi connectivity index (χ4v) is 4.05. The van der Waals surface area contributed by atoms with Gasteiger partial charge in [0.2, 0.25) is 0 Å². The van der Waals surface area contributed by atoms with Gasteiger partial charge in [-0.1, -0.05) is 35.4 Å². The molecular weight excluding hydrogens is 422 g/mol. The van der Waals surface area contributed by atoms with Gasteiger partial charge in [-0.25, -0.2) is 9.67 Å². The molecule has 0 saturated carbocycles. The van der Waals surface area contributed by atoms with Crippen LogP contribution in [0.4, 0.5) is 0 Å². The molecule has 34 heavy (non-hydrogen) atoms. The zero-order valence-corrected chi connectivity index (χ0v) is 19.4. The van der Waals surface area contributed by atoms with E-state index in [1.54, 1.807) is 12.4 Å². The average Bonchev–Trinajstić information content (AvgIpc) is 3.24. The van der Waals surface area contributed by atoms with Gasteiger partial charge in [0, 0.05) is 29.9 Å². The molecule has 5 rings (SSSR count). The number of rotatable bonds is 5. The van der Waals surface area contributed by atoms with Crippen LogP contribution >= 0.6 is 0 Å². The van der Waals surface area contributed by atoms with Crippen molar-refractivity contribution >= 4 is 16.8 Å². The molecule has 0 aliphatic carbocycles. The first kappa shape index (κ1) is 21.5. The molecular formula is C28H25N5O. The number of benzene rings is 2. The number of hydrogen-bond acceptors (Lipinski definition) is 4. The number of fused-ring (bicyclic) bond motifs is 1. The molecule has 6 heteroatoms. The lowest BCUT2D eigenvalue weighted by Gasteiger charge is -2.12. The standard InChI is InChI=1S/C28H25N5O/c1-18-6-9-22(10-7-18)33-20(3)25(17-31-33)27-14-24(23-13-19(2)8-11-26(23)32-27)28(34)30-16-21-5-4-12-29-15-21/h4-15,17H,16H2,1-3H3,(H,30,34). The Bertz CT molecular complexity index is 1490. The van der Waals surface area contributed by atoms with Gasteiger partial charge in [-0.05, 0) is 62.7 Å². The van der Waals surface area contributed by atoms with Gasteiger partial charge in [-0.3, -0.25) is 9.78 Å². The van der Waals surface area contributed by atoms with E-state index in [-0.39, 0.29) is 5.91 Å². The molecule has 3 heterocycles. The van der Waals surface area contributed by atoms with E-state index in [4.69, 9.17) is 4.98 Å². The Morgan fingerprint density at radius 3 is 2.50 bits per heavy atom. The number of aromatic nitrogens is 4. The van der Waals surface area contributed by atoms with Crippen molar-refractivity contribution in [2.75, 3.05) is 0 Å². The minimum atomic E-state index is -0.147. The number of pyridine rings is 2. The van der Waals surface area contributed by atoms with Crippen molar-refractivity contribution in [2.45, 2.75) is 27.3 Å². The van der Waals surface area contributed by atoms with Gasteiger partial charge in [0.1, 0.15) is 0 Å². The van der Waals surface area contributed by atoms with Crippen LogP contribution in [0.2, 0.25) is 0 Å². The third-order valence-corrected chi connectivity index (χ3v) is 5.95. The van der Waals surface area contributed by atoms with Crippen molar-refractivity contribution in [3.05, 3.63) is 107 Å². The monoisotopic (exact) mass is 447 g/mol. The minimum absolute atomic E-state index is 0.147. The average molecular weight is 448 g/mol. The van der Waals surface area contributed by atoms with Gasteiger partial charge in [0.15, 0.2) is 0 Å². The summed E-state index contributed by atoms with van der Waals surface area (Å²) < 4.78 is 1.90. The van der Waals surface area contributed by atoms with Gasteiger partial charge in [0.05, 0.1) is 34.4 Å². The van der Waals surface area contributed by atoms with Gasteiger partial charge >= 0.3 is 0 Å². The molecule has 6 nitrogen and oxygen atoms in total. The summed E-state index contributed by atoms with van der Waals surface area (Å²) in [5.41, 5.74) is 8.15. The SMILES string of the molecule is Cc1ccc(-n2ncc(-c3cc(C(=O)NCc4cccnc4)c4cc(C)ccc4n3)c2C)cc1. The molecule has 0 radical (unpaired) electrons. The normalized spacial score (nSPS) is 11.0. The van der Waals surface area contributed by atoms with E-state index < -0.39 is 0 Å². The predicted octanol–water partition coefficient (Wildman–Crippen LogP) is 5.34. The van der Waals surface area contributed by atoms with Gasteiger partial charge < -0.3 is 5.32 Å². The highest BCUT2D eigenvalue weighted by Gasteiger charge is 2.17. The van der Waals surface area contributed by atoms with Gasteiger partial charge in [0.25, 0.3) is 5.91 Å². The Morgan fingerprint density at radius 2 is 1.74 bits per heavy atom. The Balaban J connectivity index is 1.56. The van der Waals surface area contributed by atoms with E-state index in [1.165, 1.54) is 5.56 Å². The molecule has 0 bridgehead atoms. The summed E-state index contributed by atoms with van der Waals surface area (Å²) in [4.78, 5) is 22.3. The topological polar surface area (TPSA) is 72.7 Å². The van der Waals surface area contributed by atoms with E-state index >= 15 is 0 Å². The number of aryl methyl sites for hydroxylation is 2. The lowest BCUT2D eigenvalue weighted by Crippen LogP contribution is -2.23. The van der Waals surface area contributed by atoms with E-state index in [9.17, 15) is 4.79 Å². The maximum Gasteiger partial charge on any atom is 0.252 e. The van der Waals surface area contributed by atoms with Crippen LogP contribution < -0.4 is 5.32 Å². The highest BCUT2D eigenvalue weighted by molar-refractivity contribution is 6.07. The molecule has 1 amide bonds. The molecule has 2 aromatic carbocycles. The maximum absolute atomic E-state index is 13.3. The number of hydrogen-bond donors (Lipinski definition) is 1. The summed E-state index contributed by atoms with van der Waals surface area (Å²) in [6.07, 6.45) is 5.29. The predicted molar refractivity (Wildman–Crippen MR) is 134 cm³/mol. The summed E-state index contributed by atoms with van der Waals surface area (Å²) >= 11 is 0. The van der Waals surface area contributed by atoms with E-state index in [0.717, 1.165) is 44.7 Å². The molecule has 1 N–H and O–H groups in total. The zero-order chi connectivity index (χ0) is 23.7. The Kier molecular flexibility index (Phi) is 5.64. The van der Waals surface area contributed by atoms with Crippen molar-refractivity contribution < 1.29 is 4.79 Å². The van der Waals surface area contributed by atoms with Crippen molar-refractivity contribution in [1.82, 2.24) is 25.1 Å².